The summed E-state index contributed by atoms with van der Waals surface area (Å²) in [6.07, 6.45) is 6.13. The van der Waals surface area contributed by atoms with Gasteiger partial charge in [-0.05, 0) is 68.6 Å². The number of rotatable bonds is 34. The van der Waals surface area contributed by atoms with Crippen LogP contribution in [-0.4, -0.2) is 240 Å². The van der Waals surface area contributed by atoms with Gasteiger partial charge in [0.2, 0.25) is 70.9 Å². The van der Waals surface area contributed by atoms with Crippen molar-refractivity contribution in [1.82, 2.24) is 72.6 Å². The highest BCUT2D eigenvalue weighted by Crippen LogP contribution is 2.22. The van der Waals surface area contributed by atoms with Crippen molar-refractivity contribution in [2.45, 2.75) is 139 Å². The number of aliphatic hydroxyl groups is 3. The van der Waals surface area contributed by atoms with Crippen molar-refractivity contribution in [3.05, 3.63) is 54.2 Å². The Morgan fingerprint density at radius 3 is 1.81 bits per heavy atom. The highest BCUT2D eigenvalue weighted by Gasteiger charge is 2.42. The molecule has 2 aliphatic heterocycles. The number of imidazole rings is 1. The summed E-state index contributed by atoms with van der Waals surface area (Å²) in [5.74, 6) is -12.4. The highest BCUT2D eigenvalue weighted by atomic mass is 32.2. The number of primary amides is 1. The largest absolute Gasteiger partial charge is 0.480 e. The predicted octanol–water partition coefficient (Wildman–Crippen LogP) is -6.65. The Bertz CT molecular complexity index is 3020. The number of amides is 12. The van der Waals surface area contributed by atoms with Crippen molar-refractivity contribution < 1.29 is 82.8 Å². The second-order valence-corrected chi connectivity index (χ2v) is 22.8. The molecular weight excluding hydrogens is 1190 g/mol. The summed E-state index contributed by atoms with van der Waals surface area (Å²) in [4.78, 5) is 185. The molecule has 12 amide bonds. The number of carbonyl (C=O) groups is 13. The van der Waals surface area contributed by atoms with Crippen LogP contribution < -0.4 is 59.3 Å². The van der Waals surface area contributed by atoms with Crippen LogP contribution in [0, 0.1) is 5.92 Å². The zero-order valence-corrected chi connectivity index (χ0v) is 50.4. The Hall–Kier alpha value is -8.73. The Labute approximate surface area is 514 Å². The number of likely N-dealkylation sites (tertiary alicyclic amines) is 2. The normalized spacial score (nSPS) is 17.7. The lowest BCUT2D eigenvalue weighted by atomic mass is 10.0. The third kappa shape index (κ3) is 20.1. The molecule has 0 spiro atoms. The third-order valence-electron chi connectivity index (χ3n) is 14.9. The van der Waals surface area contributed by atoms with Crippen LogP contribution in [0.25, 0.3) is 10.9 Å². The van der Waals surface area contributed by atoms with Crippen LogP contribution in [0.5, 0.6) is 0 Å². The number of hydrogen-bond acceptors (Lipinski definition) is 19. The smallest absolute Gasteiger partial charge is 0.326 e. The van der Waals surface area contributed by atoms with E-state index in [0.29, 0.717) is 34.3 Å². The van der Waals surface area contributed by atoms with E-state index < -0.39 is 182 Å². The molecule has 3 aromatic rings. The van der Waals surface area contributed by atoms with Crippen molar-refractivity contribution in [2.75, 3.05) is 51.5 Å². The maximum Gasteiger partial charge on any atom is 0.326 e. The fourth-order valence-electron chi connectivity index (χ4n) is 10.0. The van der Waals surface area contributed by atoms with Crippen molar-refractivity contribution in [3.8, 4) is 0 Å². The zero-order valence-electron chi connectivity index (χ0n) is 49.6. The first kappa shape index (κ1) is 71.0. The quantitative estimate of drug-likeness (QED) is 0.0264. The number of hydrogen-bond donors (Lipinski definition) is 17. The van der Waals surface area contributed by atoms with Gasteiger partial charge < -0.3 is 99.5 Å². The molecule has 2 aliphatic rings. The van der Waals surface area contributed by atoms with E-state index in [1.807, 2.05) is 0 Å². The molecule has 0 radical (unpaired) electrons. The first-order valence-corrected chi connectivity index (χ1v) is 30.1. The van der Waals surface area contributed by atoms with Crippen LogP contribution in [0.2, 0.25) is 0 Å². The van der Waals surface area contributed by atoms with Crippen molar-refractivity contribution in [2.24, 2.45) is 17.4 Å². The standard InChI is InChI=1S/C55H80N16O17S/c1-27(2)44(52(84)64-34(55(87)88)13-16-89-4)69-51(83)41-12-8-15-71(41)53(85)38(24-73)63-43(76)22-60-47(79)35(17-29-20-59-33-10-6-5-9-31(29)33)66-49(81)37(23-72)67-50(82)40-11-7-14-70(40)54(86)39(25-74)68-45(77)28(3)62-48(80)36(19-42(57)75)65-46(78)32(56)18-30-21-58-26-61-30/h5-6,9-10,20-21,26-28,32,34-41,44,59,72-74H,7-8,11-19,22-25,56H2,1-4H3,(H2,57,75)(H,58,61)(H,60,79)(H,62,80)(H,63,76)(H,64,84)(H,65,78)(H,66,81)(H,67,82)(H,68,77)(H,69,83)(H,87,88)/t28-,32-,34-,35-,36-,37-,38-,39-,40-,41-,44-/m0/s1. The Balaban J connectivity index is 1.20. The van der Waals surface area contributed by atoms with Crippen LogP contribution in [0.1, 0.15) is 70.6 Å². The molecule has 89 heavy (non-hydrogen) atoms. The van der Waals surface area contributed by atoms with E-state index in [2.05, 4.69) is 62.8 Å². The number of para-hydroxylation sites is 1. The number of nitrogens with two attached hydrogens (primary N) is 2. The molecule has 0 aliphatic carbocycles. The van der Waals surface area contributed by atoms with Gasteiger partial charge in [-0.3, -0.25) is 57.5 Å². The van der Waals surface area contributed by atoms with Gasteiger partial charge in [0.25, 0.3) is 0 Å². The zero-order chi connectivity index (χ0) is 65.6. The number of thioether (sulfide) groups is 1. The van der Waals surface area contributed by atoms with Crippen LogP contribution >= 0.6 is 11.8 Å². The van der Waals surface area contributed by atoms with Gasteiger partial charge in [-0.1, -0.05) is 32.0 Å². The molecule has 1 aromatic carbocycles. The summed E-state index contributed by atoms with van der Waals surface area (Å²) < 4.78 is 0. The molecular formula is C55H80N16O17S. The van der Waals surface area contributed by atoms with Crippen LogP contribution in [-0.2, 0) is 75.2 Å². The number of carboxylic acids is 1. The second-order valence-electron chi connectivity index (χ2n) is 21.8. The number of aromatic nitrogens is 3. The number of nitrogens with zero attached hydrogens (tertiary/aromatic N) is 3. The van der Waals surface area contributed by atoms with E-state index in [-0.39, 0.29) is 51.6 Å². The highest BCUT2D eigenvalue weighted by molar-refractivity contribution is 7.98. The number of aliphatic carboxylic acids is 1. The molecule has 4 heterocycles. The fourth-order valence-corrected chi connectivity index (χ4v) is 10.5. The minimum absolute atomic E-state index is 0.00668. The molecule has 2 aromatic heterocycles. The number of carboxylic acid groups (broad SMARTS) is 1. The minimum atomic E-state index is -1.75. The minimum Gasteiger partial charge on any atom is -0.480 e. The Kier molecular flexibility index (Phi) is 27.2. The molecule has 11 atom stereocenters. The molecule has 0 saturated carbocycles. The van der Waals surface area contributed by atoms with E-state index >= 15 is 0 Å². The monoisotopic (exact) mass is 1270 g/mol. The van der Waals surface area contributed by atoms with Gasteiger partial charge in [-0.2, -0.15) is 11.8 Å². The van der Waals surface area contributed by atoms with E-state index in [1.165, 1.54) is 31.2 Å². The molecule has 34 heteroatoms. The Morgan fingerprint density at radius 2 is 1.24 bits per heavy atom. The van der Waals surface area contributed by atoms with Crippen LogP contribution in [0.15, 0.2) is 43.0 Å². The number of aliphatic hydroxyl groups excluding tert-OH is 3. The second kappa shape index (κ2) is 34.1. The molecule has 2 saturated heterocycles. The maximum absolute atomic E-state index is 14.0. The molecule has 488 valence electrons. The summed E-state index contributed by atoms with van der Waals surface area (Å²) >= 11 is 1.39. The number of H-pyrrole nitrogens is 2. The molecule has 0 bridgehead atoms. The average Bonchev–Trinajstić information content (AvgIpc) is 2.63. The number of fused-ring (bicyclic) bond motifs is 1. The maximum atomic E-state index is 14.0. The van der Waals surface area contributed by atoms with Crippen molar-refractivity contribution in [3.63, 3.8) is 0 Å². The lowest BCUT2D eigenvalue weighted by Crippen LogP contribution is -2.60. The molecule has 19 N–H and O–H groups in total. The molecule has 5 rings (SSSR count). The first-order valence-electron chi connectivity index (χ1n) is 28.7. The number of carbonyl (C=O) groups excluding carboxylic acids is 12. The van der Waals surface area contributed by atoms with Gasteiger partial charge in [-0.25, -0.2) is 9.78 Å². The van der Waals surface area contributed by atoms with E-state index in [0.717, 1.165) is 9.80 Å². The number of nitrogens with one attached hydrogen (secondary N) is 11. The molecule has 2 fully saturated rings. The summed E-state index contributed by atoms with van der Waals surface area (Å²) in [6, 6.07) is -8.66. The average molecular weight is 1270 g/mol. The van der Waals surface area contributed by atoms with Crippen LogP contribution in [0.3, 0.4) is 0 Å². The van der Waals surface area contributed by atoms with E-state index in [4.69, 9.17) is 11.5 Å². The van der Waals surface area contributed by atoms with Gasteiger partial charge >= 0.3 is 5.97 Å². The van der Waals surface area contributed by atoms with Gasteiger partial charge in [0.15, 0.2) is 0 Å². The van der Waals surface area contributed by atoms with Gasteiger partial charge in [-0.15, -0.1) is 0 Å². The summed E-state index contributed by atoms with van der Waals surface area (Å²) in [7, 11) is 0. The Morgan fingerprint density at radius 1 is 0.663 bits per heavy atom. The molecule has 33 nitrogen and oxygen atoms in total. The number of aromatic amines is 2. The van der Waals surface area contributed by atoms with Crippen molar-refractivity contribution in [1.29, 1.82) is 0 Å². The van der Waals surface area contributed by atoms with E-state index in [9.17, 15) is 82.8 Å². The fraction of sp³-hybridized carbons (Fsp3) is 0.564. The predicted molar refractivity (Wildman–Crippen MR) is 316 cm³/mol. The van der Waals surface area contributed by atoms with Gasteiger partial charge in [0, 0.05) is 54.9 Å². The SMILES string of the molecule is CSCC[C@H](NC(=O)[C@@H](NC(=O)[C@@H]1CCCN1C(=O)[C@H](CO)NC(=O)CNC(=O)[C@H](Cc1c[nH]c2ccccc12)NC(=O)[C@H](CO)NC(=O)[C@@H]1CCCN1C(=O)[C@H](CO)NC(=O)[C@H](C)NC(=O)[C@H](CC(N)=O)NC(=O)[C@@H](N)Cc1cnc[nH]1)C(C)C)C(=O)O. The van der Waals surface area contributed by atoms with Gasteiger partial charge in [0.1, 0.15) is 60.4 Å². The summed E-state index contributed by atoms with van der Waals surface area (Å²) in [6.45, 7) is 0.680. The van der Waals surface area contributed by atoms with Crippen molar-refractivity contribution >= 4 is 99.5 Å². The topological polar surface area (TPSA) is 514 Å². The van der Waals surface area contributed by atoms with Crippen LogP contribution in [0.4, 0.5) is 0 Å². The molecule has 0 unspecified atom stereocenters. The summed E-state index contributed by atoms with van der Waals surface area (Å²) in [5, 5.41) is 63.0. The summed E-state index contributed by atoms with van der Waals surface area (Å²) in [5.41, 5.74) is 13.0. The lowest BCUT2D eigenvalue weighted by molar-refractivity contribution is -0.144. The first-order chi connectivity index (χ1) is 42.3. The third-order valence-corrected chi connectivity index (χ3v) is 15.5. The van der Waals surface area contributed by atoms with Gasteiger partial charge in [0.05, 0.1) is 45.2 Å². The number of benzene rings is 1. The van der Waals surface area contributed by atoms with E-state index in [1.54, 1.807) is 50.6 Å². The lowest BCUT2D eigenvalue weighted by Gasteiger charge is -2.30.